The molecule has 0 radical (unpaired) electrons. The minimum atomic E-state index is 0.618. The fourth-order valence-corrected chi connectivity index (χ4v) is 2.58. The Balaban J connectivity index is 1.84. The molecule has 1 heterocycles. The zero-order chi connectivity index (χ0) is 18.8. The molecule has 140 valence electrons. The van der Waals surface area contributed by atoms with Crippen molar-refractivity contribution >= 4 is 5.96 Å². The topological polar surface area (TPSA) is 49.8 Å². The van der Waals surface area contributed by atoms with Crippen LogP contribution < -0.4 is 10.1 Å². The highest BCUT2D eigenvalue weighted by atomic mass is 16.5. The molecule has 2 rings (SSSR count). The van der Waals surface area contributed by atoms with Crippen LogP contribution in [0, 0.1) is 13.8 Å². The summed E-state index contributed by atoms with van der Waals surface area (Å²) in [6.45, 7) is 9.23. The summed E-state index contributed by atoms with van der Waals surface area (Å²) in [6.07, 6.45) is 4.65. The van der Waals surface area contributed by atoms with Gasteiger partial charge in [-0.15, -0.1) is 0 Å². The molecule has 5 nitrogen and oxygen atoms in total. The maximum Gasteiger partial charge on any atom is 0.193 e. The third-order valence-electron chi connectivity index (χ3n) is 4.19. The minimum absolute atomic E-state index is 0.618. The predicted octanol–water partition coefficient (Wildman–Crippen LogP) is 3.22. The summed E-state index contributed by atoms with van der Waals surface area (Å²) in [6, 6.07) is 10.2. The molecule has 26 heavy (non-hydrogen) atoms. The molecule has 0 aliphatic carbocycles. The number of aromatic nitrogens is 1. The molecule has 0 bridgehead atoms. The minimum Gasteiger partial charge on any atom is -0.492 e. The molecular weight excluding hydrogens is 324 g/mol. The number of guanidine groups is 1. The molecule has 0 atom stereocenters. The SMILES string of the molecule is CCNC(=NCCc1ccncc1C)N(C)CCOc1ccc(C)cc1. The fourth-order valence-electron chi connectivity index (χ4n) is 2.58. The number of nitrogens with zero attached hydrogens (tertiary/aromatic N) is 3. The number of likely N-dealkylation sites (N-methyl/N-ethyl adjacent to an activating group) is 1. The standard InChI is InChI=1S/C21H30N4O/c1-5-23-21(24-13-11-19-10-12-22-16-18(19)3)25(4)14-15-26-20-8-6-17(2)7-9-20/h6-10,12,16H,5,11,13-15H2,1-4H3,(H,23,24). The van der Waals surface area contributed by atoms with E-state index in [1.807, 2.05) is 31.6 Å². The first-order valence-corrected chi connectivity index (χ1v) is 9.18. The van der Waals surface area contributed by atoms with Gasteiger partial charge in [0.1, 0.15) is 12.4 Å². The third kappa shape index (κ3) is 6.39. The molecule has 0 fully saturated rings. The lowest BCUT2D eigenvalue weighted by molar-refractivity contribution is 0.281. The molecule has 0 unspecified atom stereocenters. The van der Waals surface area contributed by atoms with Crippen molar-refractivity contribution in [3.05, 3.63) is 59.4 Å². The van der Waals surface area contributed by atoms with Crippen molar-refractivity contribution in [2.45, 2.75) is 27.2 Å². The summed E-state index contributed by atoms with van der Waals surface area (Å²) in [4.78, 5) is 11.0. The molecule has 0 aliphatic rings. The average Bonchev–Trinajstić information content (AvgIpc) is 2.64. The molecular formula is C21H30N4O. The van der Waals surface area contributed by atoms with Crippen LogP contribution in [0.1, 0.15) is 23.6 Å². The zero-order valence-corrected chi connectivity index (χ0v) is 16.3. The van der Waals surface area contributed by atoms with Gasteiger partial charge < -0.3 is 15.0 Å². The van der Waals surface area contributed by atoms with Crippen LogP contribution in [0.2, 0.25) is 0 Å². The maximum absolute atomic E-state index is 5.82. The van der Waals surface area contributed by atoms with Crippen LogP contribution in [0.5, 0.6) is 5.75 Å². The number of hydrogen-bond donors (Lipinski definition) is 1. The van der Waals surface area contributed by atoms with Gasteiger partial charge in [0.25, 0.3) is 0 Å². The summed E-state index contributed by atoms with van der Waals surface area (Å²) in [5.41, 5.74) is 3.75. The molecule has 0 spiro atoms. The molecule has 0 saturated heterocycles. The van der Waals surface area contributed by atoms with Gasteiger partial charge in [0.2, 0.25) is 0 Å². The van der Waals surface area contributed by atoms with Gasteiger partial charge >= 0.3 is 0 Å². The van der Waals surface area contributed by atoms with E-state index < -0.39 is 0 Å². The Morgan fingerprint density at radius 3 is 2.65 bits per heavy atom. The number of benzene rings is 1. The highest BCUT2D eigenvalue weighted by Gasteiger charge is 2.06. The number of hydrogen-bond acceptors (Lipinski definition) is 3. The first kappa shape index (κ1) is 19.8. The Morgan fingerprint density at radius 1 is 1.19 bits per heavy atom. The van der Waals surface area contributed by atoms with Crippen molar-refractivity contribution in [1.82, 2.24) is 15.2 Å². The number of rotatable bonds is 8. The number of nitrogens with one attached hydrogen (secondary N) is 1. The van der Waals surface area contributed by atoms with Gasteiger partial charge in [-0.2, -0.15) is 0 Å². The van der Waals surface area contributed by atoms with E-state index in [0.717, 1.165) is 37.8 Å². The first-order chi connectivity index (χ1) is 12.6. The molecule has 0 saturated carbocycles. The van der Waals surface area contributed by atoms with E-state index >= 15 is 0 Å². The van der Waals surface area contributed by atoms with E-state index in [0.29, 0.717) is 6.61 Å². The van der Waals surface area contributed by atoms with Crippen molar-refractivity contribution < 1.29 is 4.74 Å². The van der Waals surface area contributed by atoms with Crippen LogP contribution in [0.3, 0.4) is 0 Å². The average molecular weight is 354 g/mol. The van der Waals surface area contributed by atoms with Crippen LogP contribution in [-0.4, -0.2) is 49.1 Å². The lowest BCUT2D eigenvalue weighted by Crippen LogP contribution is -2.41. The Hall–Kier alpha value is -2.56. The number of aryl methyl sites for hydroxylation is 2. The lowest BCUT2D eigenvalue weighted by atomic mass is 10.1. The maximum atomic E-state index is 5.82. The second kappa shape index (κ2) is 10.4. The van der Waals surface area contributed by atoms with E-state index in [4.69, 9.17) is 9.73 Å². The van der Waals surface area contributed by atoms with Gasteiger partial charge in [0, 0.05) is 32.5 Å². The first-order valence-electron chi connectivity index (χ1n) is 9.18. The van der Waals surface area contributed by atoms with Crippen molar-refractivity contribution in [3.63, 3.8) is 0 Å². The van der Waals surface area contributed by atoms with E-state index in [1.165, 1.54) is 16.7 Å². The van der Waals surface area contributed by atoms with Gasteiger partial charge in [0.15, 0.2) is 5.96 Å². The van der Waals surface area contributed by atoms with E-state index in [-0.39, 0.29) is 0 Å². The van der Waals surface area contributed by atoms with Crippen LogP contribution in [-0.2, 0) is 6.42 Å². The molecule has 2 aromatic rings. The van der Waals surface area contributed by atoms with Crippen molar-refractivity contribution in [1.29, 1.82) is 0 Å². The second-order valence-corrected chi connectivity index (χ2v) is 6.37. The van der Waals surface area contributed by atoms with Crippen molar-refractivity contribution in [3.8, 4) is 5.75 Å². The molecule has 0 aliphatic heterocycles. The van der Waals surface area contributed by atoms with Gasteiger partial charge in [-0.3, -0.25) is 9.98 Å². The predicted molar refractivity (Wildman–Crippen MR) is 108 cm³/mol. The van der Waals surface area contributed by atoms with Crippen LogP contribution in [0.4, 0.5) is 0 Å². The molecule has 1 aromatic carbocycles. The van der Waals surface area contributed by atoms with Gasteiger partial charge in [0.05, 0.1) is 6.54 Å². The second-order valence-electron chi connectivity index (χ2n) is 6.37. The summed E-state index contributed by atoms with van der Waals surface area (Å²) in [5.74, 6) is 1.81. The Bertz CT molecular complexity index is 697. The summed E-state index contributed by atoms with van der Waals surface area (Å²) in [5, 5.41) is 3.35. The van der Waals surface area contributed by atoms with Crippen LogP contribution in [0.25, 0.3) is 0 Å². The zero-order valence-electron chi connectivity index (χ0n) is 16.3. The van der Waals surface area contributed by atoms with Gasteiger partial charge in [-0.1, -0.05) is 17.7 Å². The fraction of sp³-hybridized carbons (Fsp3) is 0.429. The van der Waals surface area contributed by atoms with Crippen LogP contribution in [0.15, 0.2) is 47.7 Å². The van der Waals surface area contributed by atoms with Gasteiger partial charge in [-0.05, 0) is 56.5 Å². The summed E-state index contributed by atoms with van der Waals surface area (Å²) in [7, 11) is 2.04. The molecule has 1 N–H and O–H groups in total. The van der Waals surface area contributed by atoms with E-state index in [2.05, 4.69) is 54.2 Å². The molecule has 0 amide bonds. The molecule has 5 heteroatoms. The Kier molecular flexibility index (Phi) is 7.93. The van der Waals surface area contributed by atoms with Crippen LogP contribution >= 0.6 is 0 Å². The normalized spacial score (nSPS) is 11.3. The monoisotopic (exact) mass is 354 g/mol. The largest absolute Gasteiger partial charge is 0.492 e. The Labute approximate surface area is 157 Å². The van der Waals surface area contributed by atoms with E-state index in [1.54, 1.807) is 0 Å². The number of pyridine rings is 1. The highest BCUT2D eigenvalue weighted by Crippen LogP contribution is 2.11. The number of ether oxygens (including phenoxy) is 1. The lowest BCUT2D eigenvalue weighted by Gasteiger charge is -2.22. The highest BCUT2D eigenvalue weighted by molar-refractivity contribution is 5.79. The van der Waals surface area contributed by atoms with Gasteiger partial charge in [-0.25, -0.2) is 0 Å². The third-order valence-corrected chi connectivity index (χ3v) is 4.19. The van der Waals surface area contributed by atoms with Crippen molar-refractivity contribution in [2.75, 3.05) is 33.3 Å². The summed E-state index contributed by atoms with van der Waals surface area (Å²) >= 11 is 0. The van der Waals surface area contributed by atoms with E-state index in [9.17, 15) is 0 Å². The quantitative estimate of drug-likeness (QED) is 0.584. The number of aliphatic imine (C=N–C) groups is 1. The van der Waals surface area contributed by atoms with Crippen molar-refractivity contribution in [2.24, 2.45) is 4.99 Å². The molecule has 1 aromatic heterocycles. The smallest absolute Gasteiger partial charge is 0.193 e. The summed E-state index contributed by atoms with van der Waals surface area (Å²) < 4.78 is 5.82. The Morgan fingerprint density at radius 2 is 1.96 bits per heavy atom.